The minimum atomic E-state index is -4.41. The van der Waals surface area contributed by atoms with Crippen LogP contribution in [0, 0.1) is 10.8 Å². The molecule has 0 spiro atoms. The molecule has 126 valence electrons. The maximum atomic E-state index is 14.4. The number of hydrogen-bond acceptors (Lipinski definition) is 1. The van der Waals surface area contributed by atoms with Crippen LogP contribution >= 0.6 is 0 Å². The number of halogens is 5. The molecule has 1 aromatic carbocycles. The fourth-order valence-electron chi connectivity index (χ4n) is 3.39. The van der Waals surface area contributed by atoms with Crippen LogP contribution in [-0.4, -0.2) is 6.61 Å². The Hall–Kier alpha value is -1.59. The van der Waals surface area contributed by atoms with Crippen LogP contribution in [0.3, 0.4) is 0 Å². The first-order valence-corrected chi connectivity index (χ1v) is 7.53. The molecule has 0 amide bonds. The van der Waals surface area contributed by atoms with Gasteiger partial charge in [-0.25, -0.2) is 8.78 Å². The van der Waals surface area contributed by atoms with E-state index in [1.165, 1.54) is 12.1 Å². The lowest BCUT2D eigenvalue weighted by Gasteiger charge is -2.48. The lowest BCUT2D eigenvalue weighted by atomic mass is 9.58. The monoisotopic (exact) mass is 332 g/mol. The maximum Gasteiger partial charge on any atom is 0.416 e. The first kappa shape index (κ1) is 16.3. The zero-order chi connectivity index (χ0) is 16.9. The Labute approximate surface area is 131 Å². The molecule has 0 aliphatic heterocycles. The molecule has 2 bridgehead atoms. The van der Waals surface area contributed by atoms with Gasteiger partial charge in [-0.05, 0) is 49.9 Å². The Morgan fingerprint density at radius 1 is 0.957 bits per heavy atom. The van der Waals surface area contributed by atoms with E-state index in [0.717, 1.165) is 12.1 Å². The summed E-state index contributed by atoms with van der Waals surface area (Å²) in [5.41, 5.74) is -2.46. The predicted octanol–water partition coefficient (Wildman–Crippen LogP) is 5.82. The van der Waals surface area contributed by atoms with Crippen molar-refractivity contribution in [2.75, 3.05) is 6.61 Å². The number of allylic oxidation sites excluding steroid dienone is 1. The molecule has 0 heterocycles. The molecule has 6 heteroatoms. The van der Waals surface area contributed by atoms with Crippen molar-refractivity contribution in [2.24, 2.45) is 10.8 Å². The van der Waals surface area contributed by atoms with Crippen LogP contribution in [0.25, 0.3) is 0 Å². The molecule has 0 saturated heterocycles. The van der Waals surface area contributed by atoms with Gasteiger partial charge in [-0.1, -0.05) is 6.92 Å². The van der Waals surface area contributed by atoms with Gasteiger partial charge in [-0.3, -0.25) is 0 Å². The standard InChI is InChI=1S/C17H17F5O/c1-15-6-8-16(9-7-15,14(19)13(15)18)10-23-12-4-2-11(3-5-12)17(20,21)22/h2-5H,6-10H2,1H3. The highest BCUT2D eigenvalue weighted by atomic mass is 19.4. The second-order valence-electron chi connectivity index (χ2n) is 6.78. The van der Waals surface area contributed by atoms with Crippen molar-refractivity contribution in [3.8, 4) is 5.75 Å². The Morgan fingerprint density at radius 3 is 2.04 bits per heavy atom. The maximum absolute atomic E-state index is 14.4. The van der Waals surface area contributed by atoms with Crippen LogP contribution in [-0.2, 0) is 6.18 Å². The van der Waals surface area contributed by atoms with E-state index in [2.05, 4.69) is 0 Å². The average molecular weight is 332 g/mol. The molecule has 3 aliphatic carbocycles. The highest BCUT2D eigenvalue weighted by molar-refractivity contribution is 5.30. The summed E-state index contributed by atoms with van der Waals surface area (Å²) in [6.07, 6.45) is -2.32. The van der Waals surface area contributed by atoms with Crippen molar-refractivity contribution >= 4 is 0 Å². The van der Waals surface area contributed by atoms with Crippen molar-refractivity contribution < 1.29 is 26.7 Å². The van der Waals surface area contributed by atoms with Crippen LogP contribution in [0.1, 0.15) is 38.2 Å². The fourth-order valence-corrected chi connectivity index (χ4v) is 3.39. The summed E-state index contributed by atoms with van der Waals surface area (Å²) in [6.45, 7) is 1.66. The molecule has 0 atom stereocenters. The van der Waals surface area contributed by atoms with E-state index >= 15 is 0 Å². The number of ether oxygens (including phenoxy) is 1. The third-order valence-corrected chi connectivity index (χ3v) is 5.20. The smallest absolute Gasteiger partial charge is 0.416 e. The van der Waals surface area contributed by atoms with E-state index in [4.69, 9.17) is 4.74 Å². The number of benzene rings is 1. The molecule has 23 heavy (non-hydrogen) atoms. The summed E-state index contributed by atoms with van der Waals surface area (Å²) >= 11 is 0. The van der Waals surface area contributed by atoms with Gasteiger partial charge in [0.2, 0.25) is 0 Å². The lowest BCUT2D eigenvalue weighted by molar-refractivity contribution is -0.137. The zero-order valence-corrected chi connectivity index (χ0v) is 12.6. The Balaban J connectivity index is 1.74. The van der Waals surface area contributed by atoms with E-state index in [1.807, 2.05) is 0 Å². The van der Waals surface area contributed by atoms with E-state index in [-0.39, 0.29) is 12.4 Å². The number of fused-ring (bicyclic) bond motifs is 2. The largest absolute Gasteiger partial charge is 0.493 e. The molecule has 0 radical (unpaired) electrons. The fraction of sp³-hybridized carbons (Fsp3) is 0.529. The normalized spacial score (nSPS) is 30.7. The Kier molecular flexibility index (Phi) is 3.69. The second kappa shape index (κ2) is 5.21. The van der Waals surface area contributed by atoms with Crippen LogP contribution in [0.5, 0.6) is 5.75 Å². The quantitative estimate of drug-likeness (QED) is 0.634. The van der Waals surface area contributed by atoms with Crippen molar-refractivity contribution in [1.29, 1.82) is 0 Å². The van der Waals surface area contributed by atoms with E-state index in [0.29, 0.717) is 25.7 Å². The molecular weight excluding hydrogens is 315 g/mol. The minimum Gasteiger partial charge on any atom is -0.493 e. The third-order valence-electron chi connectivity index (χ3n) is 5.20. The van der Waals surface area contributed by atoms with Crippen LogP contribution in [0.2, 0.25) is 0 Å². The summed E-state index contributed by atoms with van der Waals surface area (Å²) in [5.74, 6) is -1.21. The summed E-state index contributed by atoms with van der Waals surface area (Å²) in [6, 6.07) is 4.23. The van der Waals surface area contributed by atoms with Gasteiger partial charge in [0, 0.05) is 5.41 Å². The van der Waals surface area contributed by atoms with Crippen molar-refractivity contribution in [3.63, 3.8) is 0 Å². The first-order valence-electron chi connectivity index (χ1n) is 7.53. The first-order chi connectivity index (χ1) is 10.7. The molecule has 0 unspecified atom stereocenters. The third kappa shape index (κ3) is 2.72. The number of alkyl halides is 3. The molecule has 1 aromatic rings. The topological polar surface area (TPSA) is 9.23 Å². The highest BCUT2D eigenvalue weighted by Gasteiger charge is 2.53. The molecule has 3 aliphatic rings. The van der Waals surface area contributed by atoms with Crippen LogP contribution in [0.15, 0.2) is 35.9 Å². The van der Waals surface area contributed by atoms with Gasteiger partial charge in [0.15, 0.2) is 0 Å². The lowest BCUT2D eigenvalue weighted by Crippen LogP contribution is -2.43. The summed E-state index contributed by atoms with van der Waals surface area (Å²) < 4.78 is 71.5. The summed E-state index contributed by atoms with van der Waals surface area (Å²) in [7, 11) is 0. The summed E-state index contributed by atoms with van der Waals surface area (Å²) in [5, 5.41) is 0. The van der Waals surface area contributed by atoms with Crippen LogP contribution < -0.4 is 4.74 Å². The van der Waals surface area contributed by atoms with Gasteiger partial charge in [0.1, 0.15) is 24.0 Å². The second-order valence-corrected chi connectivity index (χ2v) is 6.78. The average Bonchev–Trinajstić information content (AvgIpc) is 2.51. The molecular formula is C17H17F5O. The van der Waals surface area contributed by atoms with Gasteiger partial charge in [0.05, 0.1) is 11.0 Å². The van der Waals surface area contributed by atoms with Gasteiger partial charge in [-0.2, -0.15) is 13.2 Å². The SMILES string of the molecule is CC12CCC(COc3ccc(C(F)(F)F)cc3)(CC1)C(F)=C2F. The molecule has 0 aromatic heterocycles. The highest BCUT2D eigenvalue weighted by Crippen LogP contribution is 2.60. The predicted molar refractivity (Wildman–Crippen MR) is 75.2 cm³/mol. The van der Waals surface area contributed by atoms with Gasteiger partial charge < -0.3 is 4.74 Å². The molecule has 1 saturated carbocycles. The molecule has 1 fully saturated rings. The summed E-state index contributed by atoms with van der Waals surface area (Å²) in [4.78, 5) is 0. The number of hydrogen-bond donors (Lipinski definition) is 0. The van der Waals surface area contributed by atoms with Gasteiger partial charge in [-0.15, -0.1) is 0 Å². The Morgan fingerprint density at radius 2 is 1.52 bits per heavy atom. The molecule has 0 N–H and O–H groups in total. The van der Waals surface area contributed by atoms with Crippen LogP contribution in [0.4, 0.5) is 22.0 Å². The van der Waals surface area contributed by atoms with Gasteiger partial charge in [0.25, 0.3) is 0 Å². The zero-order valence-electron chi connectivity index (χ0n) is 12.6. The van der Waals surface area contributed by atoms with E-state index < -0.39 is 34.2 Å². The minimum absolute atomic E-state index is 0.0618. The van der Waals surface area contributed by atoms with Crippen molar-refractivity contribution in [2.45, 2.75) is 38.8 Å². The number of rotatable bonds is 3. The molecule has 4 rings (SSSR count). The van der Waals surface area contributed by atoms with E-state index in [1.54, 1.807) is 6.92 Å². The van der Waals surface area contributed by atoms with Crippen molar-refractivity contribution in [1.82, 2.24) is 0 Å². The Bertz CT molecular complexity index is 621. The molecule has 1 nitrogen and oxygen atoms in total. The van der Waals surface area contributed by atoms with Gasteiger partial charge >= 0.3 is 6.18 Å². The van der Waals surface area contributed by atoms with Crippen molar-refractivity contribution in [3.05, 3.63) is 41.5 Å². The van der Waals surface area contributed by atoms with E-state index in [9.17, 15) is 22.0 Å².